The smallest absolute Gasteiger partial charge is 0.417 e. The van der Waals surface area contributed by atoms with E-state index in [4.69, 9.17) is 4.74 Å². The number of hydrogen-bond acceptors (Lipinski definition) is 3. The average molecular weight is 525 g/mol. The molecule has 1 saturated carbocycles. The first-order valence-electron chi connectivity index (χ1n) is 10.6. The molecule has 2 aromatic carbocycles. The Hall–Kier alpha value is -2.39. The minimum atomic E-state index is -4.70. The van der Waals surface area contributed by atoms with E-state index in [-0.39, 0.29) is 18.8 Å². The molecule has 33 heavy (non-hydrogen) atoms. The van der Waals surface area contributed by atoms with Crippen LogP contribution in [0.15, 0.2) is 53.7 Å². The van der Waals surface area contributed by atoms with E-state index in [0.717, 1.165) is 10.9 Å². The number of benzene rings is 2. The first-order chi connectivity index (χ1) is 15.6. The van der Waals surface area contributed by atoms with Gasteiger partial charge in [-0.1, -0.05) is 6.08 Å². The minimum absolute atomic E-state index is 0.0948. The molecular weight excluding hydrogens is 504 g/mol. The third-order valence-electron chi connectivity index (χ3n) is 7.19. The van der Waals surface area contributed by atoms with Crippen LogP contribution in [0.1, 0.15) is 31.2 Å². The SMILES string of the molecule is C=CC12CCC(O)(C(F)(F)F)CC1CCOc1c2cc2cnn(-c3ccc(F)cc3)c2c1Br. The van der Waals surface area contributed by atoms with Crippen molar-refractivity contribution in [3.63, 3.8) is 0 Å². The Bertz CT molecular complexity index is 1240. The Labute approximate surface area is 196 Å². The zero-order valence-corrected chi connectivity index (χ0v) is 19.1. The van der Waals surface area contributed by atoms with Crippen LogP contribution in [-0.4, -0.2) is 33.3 Å². The number of halogens is 5. The number of nitrogens with zero attached hydrogens (tertiary/aromatic N) is 2. The molecule has 1 aliphatic carbocycles. The maximum Gasteiger partial charge on any atom is 0.417 e. The molecule has 1 N–H and O–H groups in total. The first kappa shape index (κ1) is 22.4. The second-order valence-corrected chi connectivity index (χ2v) is 9.64. The van der Waals surface area contributed by atoms with Gasteiger partial charge < -0.3 is 9.84 Å². The van der Waals surface area contributed by atoms with Crippen molar-refractivity contribution in [3.8, 4) is 11.4 Å². The fourth-order valence-electron chi connectivity index (χ4n) is 5.36. The van der Waals surface area contributed by atoms with Gasteiger partial charge in [0.2, 0.25) is 0 Å². The van der Waals surface area contributed by atoms with Gasteiger partial charge >= 0.3 is 6.18 Å². The van der Waals surface area contributed by atoms with Crippen LogP contribution in [0.3, 0.4) is 0 Å². The highest BCUT2D eigenvalue weighted by atomic mass is 79.9. The number of rotatable bonds is 2. The zero-order valence-electron chi connectivity index (χ0n) is 17.5. The van der Waals surface area contributed by atoms with Crippen molar-refractivity contribution in [1.82, 2.24) is 9.78 Å². The Morgan fingerprint density at radius 2 is 1.97 bits per heavy atom. The number of aromatic nitrogens is 2. The third-order valence-corrected chi connectivity index (χ3v) is 7.93. The summed E-state index contributed by atoms with van der Waals surface area (Å²) in [6.07, 6.45) is -1.70. The van der Waals surface area contributed by atoms with Crippen molar-refractivity contribution in [3.05, 3.63) is 65.0 Å². The van der Waals surface area contributed by atoms with Crippen molar-refractivity contribution in [1.29, 1.82) is 0 Å². The first-order valence-corrected chi connectivity index (χ1v) is 11.4. The van der Waals surface area contributed by atoms with Gasteiger partial charge in [0.25, 0.3) is 0 Å². The van der Waals surface area contributed by atoms with E-state index in [1.807, 2.05) is 6.07 Å². The summed E-state index contributed by atoms with van der Waals surface area (Å²) in [6.45, 7) is 4.19. The maximum absolute atomic E-state index is 13.6. The summed E-state index contributed by atoms with van der Waals surface area (Å²) >= 11 is 3.64. The lowest BCUT2D eigenvalue weighted by atomic mass is 9.58. The lowest BCUT2D eigenvalue weighted by molar-refractivity contribution is -0.277. The largest absolute Gasteiger partial charge is 0.492 e. The van der Waals surface area contributed by atoms with E-state index in [1.54, 1.807) is 29.1 Å². The van der Waals surface area contributed by atoms with Crippen molar-refractivity contribution in [2.75, 3.05) is 6.61 Å². The molecule has 5 rings (SSSR count). The lowest BCUT2D eigenvalue weighted by Gasteiger charge is -2.48. The topological polar surface area (TPSA) is 47.3 Å². The number of fused-ring (bicyclic) bond motifs is 4. The monoisotopic (exact) mass is 524 g/mol. The summed E-state index contributed by atoms with van der Waals surface area (Å²) in [5.41, 5.74) is -1.39. The quantitative estimate of drug-likeness (QED) is 0.319. The predicted octanol–water partition coefficient (Wildman–Crippen LogP) is 6.23. The molecule has 174 valence electrons. The number of ether oxygens (including phenoxy) is 1. The highest BCUT2D eigenvalue weighted by molar-refractivity contribution is 9.10. The second-order valence-electron chi connectivity index (χ2n) is 8.85. The standard InChI is InChI=1S/C24H21BrF4N2O2/c1-2-22-8-9-23(32,24(27,28)29)12-15(22)7-10-33-21-18(22)11-14-13-30-31(20(14)19(21)25)17-5-3-16(26)4-6-17/h2-6,11,13,15,32H,1,7-10,12H2. The molecule has 0 bridgehead atoms. The number of hydrogen-bond donors (Lipinski definition) is 1. The van der Waals surface area contributed by atoms with Crippen LogP contribution < -0.4 is 4.74 Å². The molecule has 0 spiro atoms. The Balaban J connectivity index is 1.67. The van der Waals surface area contributed by atoms with E-state index in [2.05, 4.69) is 27.6 Å². The van der Waals surface area contributed by atoms with Gasteiger partial charge in [0.1, 0.15) is 11.6 Å². The summed E-state index contributed by atoms with van der Waals surface area (Å²) in [6, 6.07) is 7.80. The normalized spacial score (nSPS) is 27.4. The molecule has 2 aliphatic rings. The van der Waals surface area contributed by atoms with E-state index < -0.39 is 36.0 Å². The molecule has 9 heteroatoms. The summed E-state index contributed by atoms with van der Waals surface area (Å²) in [7, 11) is 0. The van der Waals surface area contributed by atoms with E-state index in [1.165, 1.54) is 12.1 Å². The lowest BCUT2D eigenvalue weighted by Crippen LogP contribution is -2.54. The van der Waals surface area contributed by atoms with E-state index >= 15 is 0 Å². The number of allylic oxidation sites excluding steroid dienone is 1. The van der Waals surface area contributed by atoms with Crippen LogP contribution in [0.2, 0.25) is 0 Å². The Kier molecular flexibility index (Phi) is 5.13. The van der Waals surface area contributed by atoms with Gasteiger partial charge in [-0.3, -0.25) is 0 Å². The zero-order chi connectivity index (χ0) is 23.6. The van der Waals surface area contributed by atoms with E-state index in [9.17, 15) is 22.7 Å². The molecule has 1 aliphatic heterocycles. The van der Waals surface area contributed by atoms with Crippen molar-refractivity contribution >= 4 is 26.8 Å². The van der Waals surface area contributed by atoms with Gasteiger partial charge in [0.05, 0.1) is 28.5 Å². The van der Waals surface area contributed by atoms with Gasteiger partial charge in [-0.2, -0.15) is 18.3 Å². The van der Waals surface area contributed by atoms with Crippen LogP contribution in [0.5, 0.6) is 5.75 Å². The second kappa shape index (κ2) is 7.56. The Morgan fingerprint density at radius 3 is 2.64 bits per heavy atom. The summed E-state index contributed by atoms with van der Waals surface area (Å²) in [5, 5.41) is 15.6. The molecule has 2 heterocycles. The van der Waals surface area contributed by atoms with Crippen LogP contribution in [0.25, 0.3) is 16.6 Å². The summed E-state index contributed by atoms with van der Waals surface area (Å²) in [4.78, 5) is 0. The van der Waals surface area contributed by atoms with Gasteiger partial charge in [-0.05, 0) is 77.9 Å². The van der Waals surface area contributed by atoms with Crippen LogP contribution in [-0.2, 0) is 5.41 Å². The summed E-state index contributed by atoms with van der Waals surface area (Å²) < 4.78 is 62.6. The predicted molar refractivity (Wildman–Crippen MR) is 119 cm³/mol. The molecule has 0 amide bonds. The van der Waals surface area contributed by atoms with Crippen molar-refractivity contribution < 1.29 is 27.4 Å². The number of alkyl halides is 3. The third kappa shape index (κ3) is 3.31. The molecule has 4 nitrogen and oxygen atoms in total. The molecule has 3 unspecified atom stereocenters. The molecule has 3 atom stereocenters. The van der Waals surface area contributed by atoms with Gasteiger partial charge in [-0.15, -0.1) is 6.58 Å². The highest BCUT2D eigenvalue weighted by Crippen LogP contribution is 2.58. The molecule has 3 aromatic rings. The molecule has 0 radical (unpaired) electrons. The molecule has 1 fully saturated rings. The highest BCUT2D eigenvalue weighted by Gasteiger charge is 2.60. The molecule has 1 aromatic heterocycles. The van der Waals surface area contributed by atoms with Gasteiger partial charge in [-0.25, -0.2) is 9.07 Å². The molecular formula is C24H21BrF4N2O2. The van der Waals surface area contributed by atoms with Gasteiger partial charge in [0.15, 0.2) is 5.60 Å². The fourth-order valence-corrected chi connectivity index (χ4v) is 6.09. The number of aliphatic hydroxyl groups is 1. The van der Waals surface area contributed by atoms with Gasteiger partial charge in [0, 0.05) is 16.4 Å². The average Bonchev–Trinajstić information content (AvgIpc) is 3.12. The molecule has 0 saturated heterocycles. The van der Waals surface area contributed by atoms with Crippen molar-refractivity contribution in [2.24, 2.45) is 5.92 Å². The van der Waals surface area contributed by atoms with Crippen LogP contribution in [0.4, 0.5) is 17.6 Å². The minimum Gasteiger partial charge on any atom is -0.492 e. The Morgan fingerprint density at radius 1 is 1.24 bits per heavy atom. The maximum atomic E-state index is 13.6. The van der Waals surface area contributed by atoms with E-state index in [0.29, 0.717) is 27.8 Å². The van der Waals surface area contributed by atoms with Crippen LogP contribution in [0, 0.1) is 11.7 Å². The summed E-state index contributed by atoms with van der Waals surface area (Å²) in [5.74, 6) is -0.319. The van der Waals surface area contributed by atoms with Crippen molar-refractivity contribution in [2.45, 2.75) is 42.9 Å². The fraction of sp³-hybridized carbons (Fsp3) is 0.375. The van der Waals surface area contributed by atoms with Crippen LogP contribution >= 0.6 is 15.9 Å².